The maximum Gasteiger partial charge on any atom is 0.321 e. The van der Waals surface area contributed by atoms with Crippen molar-refractivity contribution in [1.29, 1.82) is 0 Å². The summed E-state index contributed by atoms with van der Waals surface area (Å²) >= 11 is 16.2. The Kier molecular flexibility index (Phi) is 2.76. The molecule has 1 amide bonds. The van der Waals surface area contributed by atoms with Crippen LogP contribution in [0.4, 0.5) is 4.79 Å². The van der Waals surface area contributed by atoms with Crippen molar-refractivity contribution in [1.82, 2.24) is 4.90 Å². The summed E-state index contributed by atoms with van der Waals surface area (Å²) in [5.74, 6) is 0. The van der Waals surface area contributed by atoms with Crippen LogP contribution in [0.25, 0.3) is 0 Å². The zero-order valence-electron chi connectivity index (χ0n) is 5.22. The molecule has 1 heterocycles. The molecule has 0 aromatic carbocycles. The van der Waals surface area contributed by atoms with Crippen LogP contribution in [0, 0.1) is 0 Å². The third kappa shape index (κ3) is 2.09. The van der Waals surface area contributed by atoms with Gasteiger partial charge in [-0.3, -0.25) is 9.69 Å². The topological polar surface area (TPSA) is 32.7 Å². The normalized spacial score (nSPS) is 17.5. The molecule has 60 valence electrons. The highest BCUT2D eigenvalue weighted by molar-refractivity contribution is 6.68. The Morgan fingerprint density at radius 2 is 2.27 bits per heavy atom. The molecule has 0 aromatic heterocycles. The lowest BCUT2D eigenvalue weighted by Gasteiger charge is -2.19. The Hall–Kier alpha value is -0.250. The lowest BCUT2D eigenvalue weighted by atomic mass is 10.5. The largest absolute Gasteiger partial charge is 0.321 e. The van der Waals surface area contributed by atoms with Crippen LogP contribution in [0.1, 0.15) is 0 Å². The zero-order valence-corrected chi connectivity index (χ0v) is 7.49. The molecule has 1 rings (SSSR count). The smallest absolute Gasteiger partial charge is 0.281 e. The van der Waals surface area contributed by atoms with E-state index in [2.05, 4.69) is 4.99 Å². The van der Waals surface area contributed by atoms with Crippen molar-refractivity contribution < 1.29 is 4.79 Å². The summed E-state index contributed by atoms with van der Waals surface area (Å²) in [4.78, 5) is 15.4. The van der Waals surface area contributed by atoms with Gasteiger partial charge in [-0.05, 0) is 11.6 Å². The molecular weight excluding hydrogens is 210 g/mol. The van der Waals surface area contributed by atoms with Crippen LogP contribution in [0.5, 0.6) is 0 Å². The summed E-state index contributed by atoms with van der Waals surface area (Å²) in [6.07, 6.45) is 1.27. The first-order valence-corrected chi connectivity index (χ1v) is 3.79. The van der Waals surface area contributed by atoms with E-state index in [0.717, 1.165) is 4.90 Å². The van der Waals surface area contributed by atoms with Crippen LogP contribution in [-0.4, -0.2) is 22.0 Å². The molecule has 0 fully saturated rings. The molecule has 6 heteroatoms. The summed E-state index contributed by atoms with van der Waals surface area (Å²) in [6.45, 7) is 0.138. The van der Waals surface area contributed by atoms with E-state index in [1.807, 2.05) is 0 Å². The van der Waals surface area contributed by atoms with E-state index in [9.17, 15) is 4.79 Å². The molecule has 11 heavy (non-hydrogen) atoms. The van der Waals surface area contributed by atoms with Crippen molar-refractivity contribution in [2.75, 3.05) is 6.54 Å². The minimum Gasteiger partial charge on any atom is -0.281 e. The minimum absolute atomic E-state index is 0.138. The van der Waals surface area contributed by atoms with Gasteiger partial charge in [0.2, 0.25) is 0 Å². The summed E-state index contributed by atoms with van der Waals surface area (Å²) in [5, 5.41) is -0.211. The van der Waals surface area contributed by atoms with Crippen LogP contribution < -0.4 is 0 Å². The minimum atomic E-state index is -0.667. The molecule has 1 aliphatic rings. The third-order valence-electron chi connectivity index (χ3n) is 1.07. The predicted octanol–water partition coefficient (Wildman–Crippen LogP) is 2.34. The first-order valence-electron chi connectivity index (χ1n) is 2.66. The Balaban J connectivity index is 2.81. The zero-order chi connectivity index (χ0) is 8.43. The molecule has 0 bridgehead atoms. The van der Waals surface area contributed by atoms with Crippen LogP contribution in [0.2, 0.25) is 0 Å². The van der Waals surface area contributed by atoms with E-state index in [4.69, 9.17) is 34.8 Å². The fourth-order valence-electron chi connectivity index (χ4n) is 0.586. The Labute approximate surface area is 78.2 Å². The van der Waals surface area contributed by atoms with Crippen molar-refractivity contribution in [3.8, 4) is 0 Å². The van der Waals surface area contributed by atoms with Gasteiger partial charge in [-0.1, -0.05) is 23.2 Å². The lowest BCUT2D eigenvalue weighted by molar-refractivity contribution is 0.240. The number of rotatable bonds is 0. The highest BCUT2D eigenvalue weighted by atomic mass is 35.5. The van der Waals surface area contributed by atoms with Crippen molar-refractivity contribution >= 4 is 45.3 Å². The first-order chi connectivity index (χ1) is 5.11. The average Bonchev–Trinajstić information content (AvgIpc) is 1.94. The van der Waals surface area contributed by atoms with Gasteiger partial charge in [0.25, 0.3) is 0 Å². The number of carbonyl (C=O) groups excluding carboxylic acids is 1. The van der Waals surface area contributed by atoms with Crippen LogP contribution in [0.3, 0.4) is 0 Å². The second-order valence-corrected chi connectivity index (χ2v) is 2.94. The molecule has 0 saturated carbocycles. The van der Waals surface area contributed by atoms with Crippen molar-refractivity contribution in [3.63, 3.8) is 0 Å². The summed E-state index contributed by atoms with van der Waals surface area (Å²) in [7, 11) is 0. The SMILES string of the molecule is O=C(Cl)N1CC(Cl)=NC=C1Cl. The standard InChI is InChI=1S/C5H3Cl3N2O/c6-3-2-10(5(8)11)4(7)1-9-3/h1H,2H2. The number of halogens is 3. The monoisotopic (exact) mass is 212 g/mol. The molecular formula is C5H3Cl3N2O. The van der Waals surface area contributed by atoms with Gasteiger partial charge in [0.1, 0.15) is 10.3 Å². The first kappa shape index (κ1) is 8.84. The Morgan fingerprint density at radius 1 is 1.64 bits per heavy atom. The van der Waals surface area contributed by atoms with Gasteiger partial charge < -0.3 is 0 Å². The number of amides is 1. The molecule has 0 N–H and O–H groups in total. The van der Waals surface area contributed by atoms with Crippen molar-refractivity contribution in [2.45, 2.75) is 0 Å². The molecule has 0 atom stereocenters. The molecule has 0 unspecified atom stereocenters. The van der Waals surface area contributed by atoms with Gasteiger partial charge in [0.05, 0.1) is 12.7 Å². The fraction of sp³-hybridized carbons (Fsp3) is 0.200. The van der Waals surface area contributed by atoms with E-state index >= 15 is 0 Å². The van der Waals surface area contributed by atoms with Crippen molar-refractivity contribution in [3.05, 3.63) is 11.4 Å². The molecule has 3 nitrogen and oxygen atoms in total. The summed E-state index contributed by atoms with van der Waals surface area (Å²) in [6, 6.07) is 0. The van der Waals surface area contributed by atoms with Crippen LogP contribution in [0.15, 0.2) is 16.3 Å². The van der Waals surface area contributed by atoms with E-state index < -0.39 is 5.37 Å². The fourth-order valence-corrected chi connectivity index (χ4v) is 1.13. The Bertz CT molecular complexity index is 248. The van der Waals surface area contributed by atoms with E-state index in [1.165, 1.54) is 6.20 Å². The Morgan fingerprint density at radius 3 is 2.73 bits per heavy atom. The highest BCUT2D eigenvalue weighted by Gasteiger charge is 2.18. The van der Waals surface area contributed by atoms with Gasteiger partial charge in [-0.2, -0.15) is 0 Å². The molecule has 0 radical (unpaired) electrons. The van der Waals surface area contributed by atoms with Gasteiger partial charge in [0.15, 0.2) is 0 Å². The summed E-state index contributed by atoms with van der Waals surface area (Å²) < 4.78 is 0. The maximum atomic E-state index is 10.6. The molecule has 0 saturated heterocycles. The number of hydrogen-bond donors (Lipinski definition) is 0. The van der Waals surface area contributed by atoms with E-state index in [1.54, 1.807) is 0 Å². The van der Waals surface area contributed by atoms with Gasteiger partial charge in [0, 0.05) is 0 Å². The maximum absolute atomic E-state index is 10.6. The summed E-state index contributed by atoms with van der Waals surface area (Å²) in [5.41, 5.74) is 0. The van der Waals surface area contributed by atoms with Crippen LogP contribution in [-0.2, 0) is 0 Å². The molecule has 1 aliphatic heterocycles. The van der Waals surface area contributed by atoms with E-state index in [0.29, 0.717) is 0 Å². The molecule has 0 aromatic rings. The number of carbonyl (C=O) groups is 1. The highest BCUT2D eigenvalue weighted by Crippen LogP contribution is 2.17. The second-order valence-electron chi connectivity index (χ2n) is 1.80. The lowest BCUT2D eigenvalue weighted by Crippen LogP contribution is -2.29. The average molecular weight is 213 g/mol. The number of aliphatic imine (C=N–C) groups is 1. The van der Waals surface area contributed by atoms with Gasteiger partial charge in [-0.25, -0.2) is 4.99 Å². The number of hydrogen-bond acceptors (Lipinski definition) is 2. The molecule has 0 aliphatic carbocycles. The quantitative estimate of drug-likeness (QED) is 0.449. The van der Waals surface area contributed by atoms with Gasteiger partial charge in [-0.15, -0.1) is 0 Å². The van der Waals surface area contributed by atoms with Crippen LogP contribution >= 0.6 is 34.8 Å². The van der Waals surface area contributed by atoms with Crippen molar-refractivity contribution in [2.24, 2.45) is 4.99 Å². The predicted molar refractivity (Wildman–Crippen MR) is 45.2 cm³/mol. The second kappa shape index (κ2) is 3.43. The van der Waals surface area contributed by atoms with Gasteiger partial charge >= 0.3 is 5.37 Å². The van der Waals surface area contributed by atoms with E-state index in [-0.39, 0.29) is 16.9 Å². The molecule has 0 spiro atoms. The number of nitrogens with zero attached hydrogens (tertiary/aromatic N) is 2. The third-order valence-corrected chi connectivity index (χ3v) is 1.79.